The van der Waals surface area contributed by atoms with Crippen molar-refractivity contribution in [1.29, 1.82) is 0 Å². The zero-order chi connectivity index (χ0) is 19.8. The minimum Gasteiger partial charge on any atom is -0.494 e. The summed E-state index contributed by atoms with van der Waals surface area (Å²) < 4.78 is 18.9. The maximum atomic E-state index is 13.0. The fourth-order valence-electron chi connectivity index (χ4n) is 3.31. The average molecular weight is 403 g/mol. The molecule has 0 radical (unpaired) electrons. The first kappa shape index (κ1) is 20.4. The summed E-state index contributed by atoms with van der Waals surface area (Å²) in [5.41, 5.74) is 7.43. The van der Waals surface area contributed by atoms with Crippen LogP contribution in [0.5, 0.6) is 5.75 Å². The van der Waals surface area contributed by atoms with Crippen LogP contribution in [0.15, 0.2) is 48.5 Å². The number of nitrogens with two attached hydrogens (primary N) is 1. The maximum absolute atomic E-state index is 13.0. The van der Waals surface area contributed by atoms with E-state index in [4.69, 9.17) is 22.7 Å². The number of nitrogens with zero attached hydrogens (tertiary/aromatic N) is 2. The first-order valence-corrected chi connectivity index (χ1v) is 10.0. The van der Waals surface area contributed by atoms with E-state index in [2.05, 4.69) is 15.1 Å². The van der Waals surface area contributed by atoms with Gasteiger partial charge in [0.1, 0.15) is 11.6 Å². The Bertz CT molecular complexity index is 763. The van der Waals surface area contributed by atoms with Crippen LogP contribution in [0.4, 0.5) is 15.8 Å². The van der Waals surface area contributed by atoms with E-state index in [-0.39, 0.29) is 10.9 Å². The van der Waals surface area contributed by atoms with Gasteiger partial charge in [-0.25, -0.2) is 4.39 Å². The number of hydrogen-bond acceptors (Lipinski definition) is 4. The van der Waals surface area contributed by atoms with Crippen LogP contribution in [0.1, 0.15) is 12.8 Å². The van der Waals surface area contributed by atoms with Crippen LogP contribution in [-0.2, 0) is 0 Å². The van der Waals surface area contributed by atoms with Gasteiger partial charge in [-0.1, -0.05) is 6.07 Å². The van der Waals surface area contributed by atoms with Gasteiger partial charge >= 0.3 is 0 Å². The summed E-state index contributed by atoms with van der Waals surface area (Å²) >= 11 is 4.85. The van der Waals surface area contributed by atoms with Crippen molar-refractivity contribution in [2.75, 3.05) is 49.5 Å². The SMILES string of the molecule is NC(=S)Nc1cccc(OCCCCN2CCN(c3ccc(F)cc3)CC2)c1. The quantitative estimate of drug-likeness (QED) is 0.521. The molecule has 0 bridgehead atoms. The molecule has 1 heterocycles. The normalized spacial score (nSPS) is 14.7. The molecule has 1 aliphatic rings. The van der Waals surface area contributed by atoms with E-state index in [1.54, 1.807) is 0 Å². The van der Waals surface area contributed by atoms with Crippen molar-refractivity contribution >= 4 is 28.7 Å². The molecule has 7 heteroatoms. The molecule has 3 N–H and O–H groups in total. The van der Waals surface area contributed by atoms with Crippen molar-refractivity contribution in [2.45, 2.75) is 12.8 Å². The highest BCUT2D eigenvalue weighted by Gasteiger charge is 2.16. The van der Waals surface area contributed by atoms with Crippen molar-refractivity contribution in [3.05, 3.63) is 54.3 Å². The number of thiocarbonyl (C=S) groups is 1. The topological polar surface area (TPSA) is 53.8 Å². The van der Waals surface area contributed by atoms with Crippen molar-refractivity contribution in [3.8, 4) is 5.75 Å². The van der Waals surface area contributed by atoms with Crippen molar-refractivity contribution in [3.63, 3.8) is 0 Å². The molecule has 150 valence electrons. The van der Waals surface area contributed by atoms with Crippen LogP contribution in [0.25, 0.3) is 0 Å². The summed E-state index contributed by atoms with van der Waals surface area (Å²) in [6.45, 7) is 5.78. The predicted octanol–water partition coefficient (Wildman–Crippen LogP) is 3.46. The Kier molecular flexibility index (Phi) is 7.45. The van der Waals surface area contributed by atoms with Gasteiger partial charge in [-0.3, -0.25) is 4.90 Å². The van der Waals surface area contributed by atoms with Crippen LogP contribution < -0.4 is 20.7 Å². The zero-order valence-corrected chi connectivity index (χ0v) is 16.8. The number of anilines is 2. The van der Waals surface area contributed by atoms with Crippen LogP contribution in [0, 0.1) is 5.82 Å². The molecular formula is C21H27FN4OS. The molecule has 0 aromatic heterocycles. The summed E-state index contributed by atoms with van der Waals surface area (Å²) in [4.78, 5) is 4.79. The Labute approximate surface area is 171 Å². The van der Waals surface area contributed by atoms with Crippen LogP contribution in [-0.4, -0.2) is 49.3 Å². The van der Waals surface area contributed by atoms with Gasteiger partial charge in [-0.05, 0) is 68.0 Å². The molecule has 0 amide bonds. The summed E-state index contributed by atoms with van der Waals surface area (Å²) in [5.74, 6) is 0.629. The number of ether oxygens (including phenoxy) is 1. The van der Waals surface area contributed by atoms with Gasteiger partial charge in [-0.15, -0.1) is 0 Å². The summed E-state index contributed by atoms with van der Waals surface area (Å²) in [6.07, 6.45) is 2.10. The average Bonchev–Trinajstić information content (AvgIpc) is 2.69. The number of unbranched alkanes of at least 4 members (excludes halogenated alkanes) is 1. The van der Waals surface area contributed by atoms with Crippen molar-refractivity contribution in [2.24, 2.45) is 5.73 Å². The molecule has 1 aliphatic heterocycles. The minimum atomic E-state index is -0.185. The molecule has 1 fully saturated rings. The van der Waals surface area contributed by atoms with Gasteiger partial charge < -0.3 is 20.7 Å². The van der Waals surface area contributed by atoms with E-state index in [1.807, 2.05) is 36.4 Å². The Morgan fingerprint density at radius 3 is 2.54 bits per heavy atom. The zero-order valence-electron chi connectivity index (χ0n) is 15.9. The predicted molar refractivity (Wildman–Crippen MR) is 117 cm³/mol. The molecule has 0 unspecified atom stereocenters. The lowest BCUT2D eigenvalue weighted by Gasteiger charge is -2.36. The Balaban J connectivity index is 1.31. The van der Waals surface area contributed by atoms with E-state index < -0.39 is 0 Å². The van der Waals surface area contributed by atoms with Gasteiger partial charge in [0, 0.05) is 43.6 Å². The monoisotopic (exact) mass is 402 g/mol. The minimum absolute atomic E-state index is 0.185. The fraction of sp³-hybridized carbons (Fsp3) is 0.381. The number of piperazine rings is 1. The van der Waals surface area contributed by atoms with E-state index in [0.29, 0.717) is 6.61 Å². The number of benzene rings is 2. The third-order valence-electron chi connectivity index (χ3n) is 4.80. The molecule has 0 spiro atoms. The van der Waals surface area contributed by atoms with E-state index >= 15 is 0 Å². The molecule has 0 aliphatic carbocycles. The summed E-state index contributed by atoms with van der Waals surface area (Å²) in [7, 11) is 0. The molecule has 28 heavy (non-hydrogen) atoms. The molecule has 1 saturated heterocycles. The van der Waals surface area contributed by atoms with Crippen molar-refractivity contribution < 1.29 is 9.13 Å². The highest BCUT2D eigenvalue weighted by Crippen LogP contribution is 2.18. The van der Waals surface area contributed by atoms with E-state index in [0.717, 1.165) is 62.7 Å². The van der Waals surface area contributed by atoms with E-state index in [9.17, 15) is 4.39 Å². The van der Waals surface area contributed by atoms with Crippen LogP contribution in [0.2, 0.25) is 0 Å². The Morgan fingerprint density at radius 2 is 1.82 bits per heavy atom. The second-order valence-corrected chi connectivity index (χ2v) is 7.32. The van der Waals surface area contributed by atoms with E-state index in [1.165, 1.54) is 12.1 Å². The third kappa shape index (κ3) is 6.35. The third-order valence-corrected chi connectivity index (χ3v) is 4.91. The van der Waals surface area contributed by atoms with Gasteiger partial charge in [-0.2, -0.15) is 0 Å². The lowest BCUT2D eigenvalue weighted by Crippen LogP contribution is -2.46. The number of halogens is 1. The molecular weight excluding hydrogens is 375 g/mol. The number of rotatable bonds is 8. The molecule has 0 atom stereocenters. The second-order valence-electron chi connectivity index (χ2n) is 6.88. The molecule has 5 nitrogen and oxygen atoms in total. The van der Waals surface area contributed by atoms with Gasteiger partial charge in [0.2, 0.25) is 0 Å². The van der Waals surface area contributed by atoms with Gasteiger partial charge in [0.25, 0.3) is 0 Å². The number of nitrogens with one attached hydrogen (secondary N) is 1. The van der Waals surface area contributed by atoms with Crippen LogP contribution in [0.3, 0.4) is 0 Å². The smallest absolute Gasteiger partial charge is 0.168 e. The second kappa shape index (κ2) is 10.2. The maximum Gasteiger partial charge on any atom is 0.168 e. The Hall–Kier alpha value is -2.38. The highest BCUT2D eigenvalue weighted by atomic mass is 32.1. The summed E-state index contributed by atoms with van der Waals surface area (Å²) in [6, 6.07) is 14.4. The Morgan fingerprint density at radius 1 is 1.07 bits per heavy atom. The van der Waals surface area contributed by atoms with Gasteiger partial charge in [0.15, 0.2) is 5.11 Å². The molecule has 2 aromatic carbocycles. The number of hydrogen-bond donors (Lipinski definition) is 2. The van der Waals surface area contributed by atoms with Crippen molar-refractivity contribution in [1.82, 2.24) is 4.90 Å². The molecule has 3 rings (SSSR count). The first-order chi connectivity index (χ1) is 13.6. The van der Waals surface area contributed by atoms with Gasteiger partial charge in [0.05, 0.1) is 6.61 Å². The highest BCUT2D eigenvalue weighted by molar-refractivity contribution is 7.80. The molecule has 0 saturated carbocycles. The van der Waals surface area contributed by atoms with Crippen LogP contribution >= 0.6 is 12.2 Å². The fourth-order valence-corrected chi connectivity index (χ4v) is 3.43. The lowest BCUT2D eigenvalue weighted by molar-refractivity contribution is 0.238. The first-order valence-electron chi connectivity index (χ1n) is 9.62. The lowest BCUT2D eigenvalue weighted by atomic mass is 10.2. The standard InChI is InChI=1S/C21H27FN4OS/c22-17-6-8-19(9-7-17)26-13-11-25(12-14-26)10-1-2-15-27-20-5-3-4-18(16-20)24-21(23)28/h3-9,16H,1-2,10-15H2,(H3,23,24,28). The summed E-state index contributed by atoms with van der Waals surface area (Å²) in [5, 5.41) is 3.15. The largest absolute Gasteiger partial charge is 0.494 e. The molecule has 2 aromatic rings.